The topological polar surface area (TPSA) is 80.3 Å². The van der Waals surface area contributed by atoms with Gasteiger partial charge in [-0.15, -0.1) is 0 Å². The van der Waals surface area contributed by atoms with E-state index in [1.54, 1.807) is 6.92 Å². The summed E-state index contributed by atoms with van der Waals surface area (Å²) >= 11 is 0. The monoisotopic (exact) mass is 873 g/mol. The molecule has 8 saturated carbocycles. The first kappa shape index (κ1) is 44.5. The van der Waals surface area contributed by atoms with Crippen molar-refractivity contribution >= 4 is 11.8 Å². The van der Waals surface area contributed by atoms with Crippen LogP contribution in [0.5, 0.6) is 0 Å². The number of hydrogen-bond acceptors (Lipinski definition) is 7. The second-order valence-electron chi connectivity index (χ2n) is 26.6. The van der Waals surface area contributed by atoms with Crippen molar-refractivity contribution in [1.82, 2.24) is 0 Å². The van der Waals surface area contributed by atoms with Gasteiger partial charge in [-0.2, -0.15) is 0 Å². The van der Waals surface area contributed by atoms with E-state index >= 15 is 0 Å². The number of ketones is 1. The predicted octanol–water partition coefficient (Wildman–Crippen LogP) is 12.4. The highest BCUT2D eigenvalue weighted by atomic mass is 16.7. The van der Waals surface area contributed by atoms with Crippen LogP contribution < -0.4 is 0 Å². The Morgan fingerprint density at radius 2 is 1.05 bits per heavy atom. The lowest BCUT2D eigenvalue weighted by Gasteiger charge is -2.61. The summed E-state index contributed by atoms with van der Waals surface area (Å²) in [5.41, 5.74) is 1.65. The molecule has 2 spiro atoms. The Labute approximate surface area is 382 Å². The lowest BCUT2D eigenvalue weighted by molar-refractivity contribution is -0.273. The molecule has 63 heavy (non-hydrogen) atoms. The molecule has 4 saturated heterocycles. The molecule has 7 heteroatoms. The van der Waals surface area contributed by atoms with Crippen LogP contribution in [-0.4, -0.2) is 54.9 Å². The summed E-state index contributed by atoms with van der Waals surface area (Å²) in [6.07, 6.45) is 25.1. The molecule has 0 N–H and O–H groups in total. The number of hydrogen-bond donors (Lipinski definition) is 0. The quantitative estimate of drug-likeness (QED) is 0.243. The Kier molecular flexibility index (Phi) is 10.9. The van der Waals surface area contributed by atoms with Crippen LogP contribution in [0.2, 0.25) is 0 Å². The molecule has 10 unspecified atom stereocenters. The van der Waals surface area contributed by atoms with Crippen molar-refractivity contribution in [3.63, 3.8) is 0 Å². The molecule has 4 heterocycles. The summed E-state index contributed by atoms with van der Waals surface area (Å²) in [6.45, 7) is 23.2. The maximum atomic E-state index is 12.2. The molecule has 4 aliphatic heterocycles. The minimum absolute atomic E-state index is 0.105. The fourth-order valence-corrected chi connectivity index (χ4v) is 20.6. The summed E-state index contributed by atoms with van der Waals surface area (Å²) in [5.74, 6) is 9.86. The Morgan fingerprint density at radius 3 is 1.54 bits per heavy atom. The van der Waals surface area contributed by atoms with E-state index in [1.165, 1.54) is 83.5 Å². The van der Waals surface area contributed by atoms with Crippen LogP contribution in [0.15, 0.2) is 0 Å². The van der Waals surface area contributed by atoms with Gasteiger partial charge < -0.3 is 23.7 Å². The number of carbonyl (C=O) groups is 2. The Hall–Kier alpha value is -1.02. The van der Waals surface area contributed by atoms with Crippen LogP contribution in [0.25, 0.3) is 0 Å². The van der Waals surface area contributed by atoms with E-state index in [0.29, 0.717) is 81.1 Å². The molecule has 12 fully saturated rings. The Morgan fingerprint density at radius 1 is 0.556 bits per heavy atom. The van der Waals surface area contributed by atoms with Crippen LogP contribution >= 0.6 is 0 Å². The van der Waals surface area contributed by atoms with Crippen LogP contribution in [0, 0.1) is 105 Å². The van der Waals surface area contributed by atoms with Gasteiger partial charge in [-0.3, -0.25) is 9.59 Å². The zero-order chi connectivity index (χ0) is 44.1. The van der Waals surface area contributed by atoms with Gasteiger partial charge in [0.15, 0.2) is 11.6 Å². The SMILES string of the molecule is CC(=O)O[C@@H]1CC[C@]2(C)C3CC[C@@]4(C)C(C[C@@H]5O[C@]6(CCC(C)CO6)[C@@H](C)C54)C3CC[C@@H]2C1.CC1CC[C@@]2(OC1)O[C@H]1CC3C4CC[C@@H]5CC(=O)CC[C@]5(C)C4CC[C@]3(C)C1[C@@H]2C. The number of ether oxygens (including phenoxy) is 5. The third-order valence-electron chi connectivity index (χ3n) is 24.0. The number of fused-ring (bicyclic) bond motifs is 14. The van der Waals surface area contributed by atoms with Crippen LogP contribution in [-0.2, 0) is 33.3 Å². The van der Waals surface area contributed by atoms with Gasteiger partial charge in [-0.25, -0.2) is 0 Å². The van der Waals surface area contributed by atoms with Crippen LogP contribution in [0.4, 0.5) is 0 Å². The van der Waals surface area contributed by atoms with Gasteiger partial charge in [0.25, 0.3) is 0 Å². The third-order valence-corrected chi connectivity index (χ3v) is 24.0. The fourth-order valence-electron chi connectivity index (χ4n) is 20.6. The zero-order valence-electron chi connectivity index (χ0n) is 41.2. The van der Waals surface area contributed by atoms with Crippen molar-refractivity contribution in [2.75, 3.05) is 13.2 Å². The van der Waals surface area contributed by atoms with Crippen molar-refractivity contribution in [2.45, 2.75) is 221 Å². The summed E-state index contributed by atoms with van der Waals surface area (Å²) in [5, 5.41) is 0. The van der Waals surface area contributed by atoms with E-state index in [1.807, 2.05) is 0 Å². The molecule has 0 radical (unpaired) electrons. The molecule has 354 valence electrons. The van der Waals surface area contributed by atoms with E-state index < -0.39 is 0 Å². The third kappa shape index (κ3) is 6.62. The van der Waals surface area contributed by atoms with Gasteiger partial charge in [0.1, 0.15) is 11.9 Å². The van der Waals surface area contributed by atoms with E-state index in [-0.39, 0.29) is 23.6 Å². The van der Waals surface area contributed by atoms with E-state index in [4.69, 9.17) is 23.7 Å². The Bertz CT molecular complexity index is 1760. The van der Waals surface area contributed by atoms with Crippen molar-refractivity contribution in [1.29, 1.82) is 0 Å². The van der Waals surface area contributed by atoms with Crippen molar-refractivity contribution < 1.29 is 33.3 Å². The van der Waals surface area contributed by atoms with Gasteiger partial charge in [-0.1, -0.05) is 55.4 Å². The molecular weight excluding hydrogens is 785 g/mol. The second-order valence-corrected chi connectivity index (χ2v) is 26.6. The lowest BCUT2D eigenvalue weighted by Crippen LogP contribution is -2.55. The zero-order valence-corrected chi connectivity index (χ0v) is 41.2. The highest BCUT2D eigenvalue weighted by Gasteiger charge is 2.71. The van der Waals surface area contributed by atoms with Crippen molar-refractivity contribution in [3.8, 4) is 0 Å². The second kappa shape index (κ2) is 15.5. The van der Waals surface area contributed by atoms with Crippen molar-refractivity contribution in [3.05, 3.63) is 0 Å². The molecule has 7 nitrogen and oxygen atoms in total. The first-order chi connectivity index (χ1) is 29.9. The van der Waals surface area contributed by atoms with E-state index in [9.17, 15) is 9.59 Å². The first-order valence-corrected chi connectivity index (χ1v) is 27.3. The molecule has 12 rings (SSSR count). The normalized spacial score (nSPS) is 58.8. The maximum absolute atomic E-state index is 12.2. The molecular formula is C56H88O7. The number of rotatable bonds is 1. The molecule has 0 bridgehead atoms. The first-order valence-electron chi connectivity index (χ1n) is 27.3. The molecule has 8 aliphatic carbocycles. The number of Topliss-reactive ketones (excluding diaryl/α,β-unsaturated/α-hetero) is 1. The van der Waals surface area contributed by atoms with E-state index in [2.05, 4.69) is 55.4 Å². The lowest BCUT2D eigenvalue weighted by atomic mass is 9.44. The van der Waals surface area contributed by atoms with Gasteiger partial charge >= 0.3 is 5.97 Å². The number of carbonyl (C=O) groups excluding carboxylic acids is 2. The molecule has 0 aromatic heterocycles. The van der Waals surface area contributed by atoms with Gasteiger partial charge in [0.05, 0.1) is 25.4 Å². The Balaban J connectivity index is 0.000000142. The van der Waals surface area contributed by atoms with Crippen LogP contribution in [0.3, 0.4) is 0 Å². The average molecular weight is 873 g/mol. The smallest absolute Gasteiger partial charge is 0.302 e. The standard InChI is InChI=1S/C29H46O4.C27H42O3/c1-17-8-13-29(31-16-17)18(2)26-25(33-29)15-24-22-7-6-20-14-21(32-19(3)30)9-11-27(20,4)23(22)10-12-28(24,26)5;1-16-7-12-27(29-15-16)17(2)24-23(30-27)14-22-20-6-5-18-13-19(28)8-10-25(18,3)21(20)9-11-26(22,24)4/h17-18,20-26H,6-16H2,1-5H3;16-18,20-24H,5-15H2,1-4H3/t17?,18-,20+,21+,22?,23?,24?,25-,26?,27-,28-,29+;16?,17-,18+,20?,21?,22?,23-,24?,25-,26-,27+/m00/s1. The highest BCUT2D eigenvalue weighted by Crippen LogP contribution is 2.73. The number of esters is 1. The largest absolute Gasteiger partial charge is 0.463 e. The molecule has 0 aromatic carbocycles. The molecule has 23 atom stereocenters. The fraction of sp³-hybridized carbons (Fsp3) is 0.964. The summed E-state index contributed by atoms with van der Waals surface area (Å²) in [6, 6.07) is 0. The minimum atomic E-state index is -0.300. The minimum Gasteiger partial charge on any atom is -0.463 e. The molecule has 0 amide bonds. The summed E-state index contributed by atoms with van der Waals surface area (Å²) in [4.78, 5) is 23.7. The molecule has 12 aliphatic rings. The predicted molar refractivity (Wildman–Crippen MR) is 244 cm³/mol. The average Bonchev–Trinajstić information content (AvgIpc) is 3.90. The highest BCUT2D eigenvalue weighted by molar-refractivity contribution is 5.79. The van der Waals surface area contributed by atoms with Crippen molar-refractivity contribution in [2.24, 2.45) is 105 Å². The van der Waals surface area contributed by atoms with Crippen LogP contribution in [0.1, 0.15) is 191 Å². The maximum Gasteiger partial charge on any atom is 0.302 e. The van der Waals surface area contributed by atoms with Gasteiger partial charge in [-0.05, 0) is 195 Å². The summed E-state index contributed by atoms with van der Waals surface area (Å²) < 4.78 is 32.4. The van der Waals surface area contributed by atoms with Gasteiger partial charge in [0.2, 0.25) is 0 Å². The van der Waals surface area contributed by atoms with E-state index in [0.717, 1.165) is 99.6 Å². The summed E-state index contributed by atoms with van der Waals surface area (Å²) in [7, 11) is 0. The van der Waals surface area contributed by atoms with Gasteiger partial charge in [0, 0.05) is 44.4 Å². The molecule has 0 aromatic rings.